The summed E-state index contributed by atoms with van der Waals surface area (Å²) in [6.45, 7) is 2.03. The minimum atomic E-state index is -1.08. The molecular weight excluding hydrogens is 987 g/mol. The van der Waals surface area contributed by atoms with Crippen molar-refractivity contribution >= 4 is 11.6 Å². The van der Waals surface area contributed by atoms with Crippen molar-refractivity contribution in [3.8, 4) is 23.0 Å². The quantitative estimate of drug-likeness (QED) is 0.200. The number of likely N-dealkylation sites (tertiary alicyclic amines) is 2. The Morgan fingerprint density at radius 3 is 1.73 bits per heavy atom. The molecule has 27 nitrogen and oxygen atoms in total. The lowest BCUT2D eigenvalue weighted by atomic mass is 9.49. The number of aliphatic hydroxyl groups is 3. The van der Waals surface area contributed by atoms with Gasteiger partial charge in [0.2, 0.25) is 0 Å². The lowest BCUT2D eigenvalue weighted by Gasteiger charge is -2.62. The van der Waals surface area contributed by atoms with Crippen LogP contribution in [0.5, 0.6) is 23.0 Å². The van der Waals surface area contributed by atoms with Crippen molar-refractivity contribution in [2.24, 2.45) is 0 Å². The Morgan fingerprint density at radius 1 is 0.649 bits per heavy atom. The largest absolute Gasteiger partial charge is 0.504 e. The molecule has 4 aliphatic carbocycles. The zero-order valence-electron chi connectivity index (χ0n) is 40.5. The number of carbonyl (C=O) groups excluding carboxylic acids is 2. The number of ketones is 2. The van der Waals surface area contributed by atoms with E-state index in [4.69, 9.17) is 48.2 Å². The zero-order chi connectivity index (χ0) is 52.4. The molecule has 2 saturated carbocycles. The van der Waals surface area contributed by atoms with Crippen molar-refractivity contribution in [3.63, 3.8) is 0 Å². The molecule has 4 N–H and O–H groups in total. The maximum Gasteiger partial charge on any atom is 0.295 e. The predicted molar refractivity (Wildman–Crippen MR) is 242 cm³/mol. The fourth-order valence-corrected chi connectivity index (χ4v) is 14.8. The van der Waals surface area contributed by atoms with E-state index < -0.39 is 86.1 Å². The van der Waals surface area contributed by atoms with Crippen molar-refractivity contribution in [2.45, 2.75) is 147 Å². The summed E-state index contributed by atoms with van der Waals surface area (Å²) in [5, 5.41) is 69.3. The number of fused-ring (bicyclic) bond motifs is 2. The predicted octanol–water partition coefficient (Wildman–Crippen LogP) is -0.547. The van der Waals surface area contributed by atoms with Crippen LogP contribution in [0.15, 0.2) is 24.3 Å². The Kier molecular flexibility index (Phi) is 12.4. The summed E-state index contributed by atoms with van der Waals surface area (Å²) in [5.41, 5.74) is 0.421. The second-order valence-electron chi connectivity index (χ2n) is 21.0. The summed E-state index contributed by atoms with van der Waals surface area (Å²) in [7, 11) is 5.58. The molecule has 2 aromatic rings. The number of phenols is 1. The van der Waals surface area contributed by atoms with Gasteiger partial charge in [0.1, 0.15) is 42.2 Å². The van der Waals surface area contributed by atoms with Crippen LogP contribution >= 0.6 is 0 Å². The molecule has 27 heteroatoms. The van der Waals surface area contributed by atoms with E-state index in [0.29, 0.717) is 55.8 Å². The zero-order valence-corrected chi connectivity index (χ0v) is 40.5. The Balaban J connectivity index is 0.000000111. The summed E-state index contributed by atoms with van der Waals surface area (Å²) in [5.74, 6) is 1.67. The maximum absolute atomic E-state index is 12.8. The molecule has 12 aliphatic rings. The first-order valence-electron chi connectivity index (χ1n) is 24.7. The van der Waals surface area contributed by atoms with Gasteiger partial charge in [0, 0.05) is 36.1 Å². The van der Waals surface area contributed by atoms with E-state index in [9.17, 15) is 50.1 Å². The highest BCUT2D eigenvalue weighted by molar-refractivity contribution is 5.91. The molecule has 2 spiro atoms. The van der Waals surface area contributed by atoms with Gasteiger partial charge in [-0.1, -0.05) is 12.1 Å². The number of rotatable bonds is 7. The second kappa shape index (κ2) is 18.2. The molecule has 0 amide bonds. The van der Waals surface area contributed by atoms with Gasteiger partial charge in [0.25, 0.3) is 15.3 Å². The number of piperidine rings is 2. The van der Waals surface area contributed by atoms with E-state index in [2.05, 4.69) is 19.5 Å². The smallest absolute Gasteiger partial charge is 0.295 e. The number of carbonyl (C=O) groups is 2. The molecule has 2 aromatic carbocycles. The number of likely N-dealkylation sites (N-methyl/N-ethyl adjacent to an activating group) is 2. The fourth-order valence-electron chi connectivity index (χ4n) is 14.8. The Morgan fingerprint density at radius 2 is 1.15 bits per heavy atom. The van der Waals surface area contributed by atoms with Crippen LogP contribution in [0.4, 0.5) is 0 Å². The lowest BCUT2D eigenvalue weighted by Crippen LogP contribution is -2.77. The fraction of sp³-hybridized carbons (Fsp3) is 0.702. The molecular formula is C47H57N5O22. The number of phenolic OH excluding ortho intramolecular Hbond substituents is 1. The van der Waals surface area contributed by atoms with E-state index in [1.165, 1.54) is 0 Å². The number of benzene rings is 2. The summed E-state index contributed by atoms with van der Waals surface area (Å²) < 4.78 is 38.0. The van der Waals surface area contributed by atoms with Crippen molar-refractivity contribution in [1.29, 1.82) is 0 Å². The molecule has 0 unspecified atom stereocenters. The lowest BCUT2D eigenvalue weighted by molar-refractivity contribution is -0.788. The van der Waals surface area contributed by atoms with E-state index in [-0.39, 0.29) is 74.5 Å². The molecule has 16 atom stereocenters. The number of Topliss-reactive ketones (excluding diaryl/α,β-unsaturated/α-hetero) is 2. The average molecular weight is 1040 g/mol. The van der Waals surface area contributed by atoms with Crippen molar-refractivity contribution < 1.29 is 92.9 Å². The summed E-state index contributed by atoms with van der Waals surface area (Å²) >= 11 is 0. The minimum Gasteiger partial charge on any atom is -0.504 e. The third-order valence-corrected chi connectivity index (χ3v) is 17.9. The van der Waals surface area contributed by atoms with Crippen LogP contribution in [0.1, 0.15) is 60.8 Å². The van der Waals surface area contributed by atoms with E-state index in [1.807, 2.05) is 32.3 Å². The summed E-state index contributed by atoms with van der Waals surface area (Å²) in [6, 6.07) is 7.24. The monoisotopic (exact) mass is 1040 g/mol. The van der Waals surface area contributed by atoms with Gasteiger partial charge in [-0.25, -0.2) is 0 Å². The summed E-state index contributed by atoms with van der Waals surface area (Å²) in [6.07, 6.45) is -2.21. The first-order chi connectivity index (χ1) is 35.3. The number of aromatic hydroxyl groups is 1. The van der Waals surface area contributed by atoms with Gasteiger partial charge in [-0.15, -0.1) is 30.3 Å². The van der Waals surface area contributed by atoms with E-state index >= 15 is 0 Å². The minimum absolute atomic E-state index is 0.00319. The average Bonchev–Trinajstić information content (AvgIpc) is 4.26. The number of aliphatic hydroxyl groups excluding tert-OH is 2. The number of ether oxygens (including phenoxy) is 7. The normalized spacial score (nSPS) is 40.6. The molecule has 8 heterocycles. The van der Waals surface area contributed by atoms with Crippen LogP contribution in [0.3, 0.4) is 0 Å². The number of hydrogen-bond donors (Lipinski definition) is 4. The molecule has 14 rings (SSSR count). The molecule has 8 aliphatic heterocycles. The van der Waals surface area contributed by atoms with Crippen LogP contribution in [-0.2, 0) is 66.7 Å². The molecule has 4 bridgehead atoms. The highest BCUT2D eigenvalue weighted by Crippen LogP contribution is 2.67. The third-order valence-electron chi connectivity index (χ3n) is 17.9. The van der Waals surface area contributed by atoms with Gasteiger partial charge >= 0.3 is 0 Å². The molecule has 402 valence electrons. The first-order valence-corrected chi connectivity index (χ1v) is 24.7. The number of nitrogens with zero attached hydrogens (tertiary/aromatic N) is 5. The Hall–Kier alpha value is -5.78. The van der Waals surface area contributed by atoms with Crippen LogP contribution in [0, 0.1) is 30.3 Å². The second-order valence-corrected chi connectivity index (χ2v) is 21.0. The third kappa shape index (κ3) is 7.24. The van der Waals surface area contributed by atoms with Gasteiger partial charge in [0.05, 0.1) is 50.0 Å². The maximum atomic E-state index is 12.8. The highest BCUT2D eigenvalue weighted by Gasteiger charge is 2.76. The van der Waals surface area contributed by atoms with Gasteiger partial charge in [-0.05, 0) is 89.0 Å². The van der Waals surface area contributed by atoms with Crippen molar-refractivity contribution in [1.82, 2.24) is 9.80 Å². The number of methoxy groups -OCH3 is 1. The molecule has 74 heavy (non-hydrogen) atoms. The van der Waals surface area contributed by atoms with Gasteiger partial charge in [-0.2, -0.15) is 0 Å². The topological polar surface area (TPSA) is 343 Å². The van der Waals surface area contributed by atoms with Crippen LogP contribution in [0.2, 0.25) is 0 Å². The molecule has 0 radical (unpaired) electrons. The van der Waals surface area contributed by atoms with Crippen molar-refractivity contribution in [3.05, 3.63) is 76.9 Å². The highest BCUT2D eigenvalue weighted by atomic mass is 17.0. The van der Waals surface area contributed by atoms with Gasteiger partial charge < -0.3 is 77.9 Å². The Bertz CT molecular complexity index is 2600. The SMILES string of the molecule is CN1CC[C@]23c4c5ccc(O)c4O[C@H]2C(=O)CC[C@@]3(O)[C@H]1C5.COc1ccc2c3c1O[C@H]1C(=O)CC[C@@]4(O[N+](=O)[O-])[C@@H](C2)N(C)CC[C@]314.O=[N+]([O-])O[C@H]1CO[C@H]2[C@@H]1OC[C@H]2O[N+](=O)[O-].O[C@@H]1CO[C@H]2[C@@H]1OC[C@@H]2O. The standard InChI is InChI=1S/C18H20N2O6.C17H19NO4.C6H8N2O8.C6H10O4/c1-19-8-7-17-14-10-3-4-12(24-2)15(14)25-16(17)11(21)5-6-18(17,13(19)9-10)26-20(22)23;1-18-7-6-16-13-9-2-3-10(19)14(13)22-15(16)11(20)4-5-17(16,21)12(18)8-9;9-7(10)15-3-1-13-6-4(16-8(11)12)2-14-5(3)6;7-3-1-9-6-4(8)2-10-5(3)6/h3-4,13,16H,5-9H2,1-2H3;2-3,12,15,19,21H,4-8H2,1H3;3-6H,1-2H2;3-8H,1-2H2/t13-,16+,17+,18-;12-,15+,16+,17-;2*3-,4+,5-,6-/m1111/s1. The van der Waals surface area contributed by atoms with Gasteiger partial charge in [0.15, 0.2) is 59.0 Å². The van der Waals surface area contributed by atoms with Crippen LogP contribution in [0.25, 0.3) is 0 Å². The van der Waals surface area contributed by atoms with Gasteiger partial charge in [-0.3, -0.25) is 9.59 Å². The van der Waals surface area contributed by atoms with E-state index in [1.54, 1.807) is 13.2 Å². The van der Waals surface area contributed by atoms with Crippen molar-refractivity contribution in [2.75, 3.05) is 60.7 Å². The van der Waals surface area contributed by atoms with Crippen LogP contribution < -0.4 is 14.2 Å². The molecule has 8 fully saturated rings. The molecule has 0 aromatic heterocycles. The Labute approximate surface area is 420 Å². The van der Waals surface area contributed by atoms with E-state index in [0.717, 1.165) is 41.8 Å². The number of hydrogen-bond acceptors (Lipinski definition) is 24. The van der Waals surface area contributed by atoms with Crippen LogP contribution in [-0.4, -0.2) is 202 Å². The first kappa shape index (κ1) is 50.4. The molecule has 6 saturated heterocycles. The summed E-state index contributed by atoms with van der Waals surface area (Å²) in [4.78, 5) is 75.6.